The van der Waals surface area contributed by atoms with Crippen molar-refractivity contribution in [2.45, 2.75) is 0 Å². The van der Waals surface area contributed by atoms with Gasteiger partial charge in [0.05, 0.1) is 11.8 Å². The molecule has 0 saturated carbocycles. The van der Waals surface area contributed by atoms with Crippen molar-refractivity contribution in [3.8, 4) is 0 Å². The summed E-state index contributed by atoms with van der Waals surface area (Å²) in [4.78, 5) is 19.4. The fourth-order valence-corrected chi connectivity index (χ4v) is 1.56. The number of rotatable bonds is 2. The first-order valence-electron chi connectivity index (χ1n) is 4.44. The standard InChI is InChI=1S/C11H6BrFN2O/c12-7-1-2-8(9(13)5-7)11(16)10-6-14-3-4-15-10/h1-6H. The Balaban J connectivity index is 2.42. The molecule has 0 atom stereocenters. The highest BCUT2D eigenvalue weighted by atomic mass is 79.9. The summed E-state index contributed by atoms with van der Waals surface area (Å²) in [6.07, 6.45) is 4.16. The van der Waals surface area contributed by atoms with E-state index in [2.05, 4.69) is 25.9 Å². The van der Waals surface area contributed by atoms with Crippen LogP contribution < -0.4 is 0 Å². The van der Waals surface area contributed by atoms with Crippen molar-refractivity contribution in [2.75, 3.05) is 0 Å². The third kappa shape index (κ3) is 2.14. The van der Waals surface area contributed by atoms with Crippen molar-refractivity contribution in [2.24, 2.45) is 0 Å². The van der Waals surface area contributed by atoms with Crippen molar-refractivity contribution in [1.82, 2.24) is 9.97 Å². The van der Waals surface area contributed by atoms with Gasteiger partial charge in [-0.1, -0.05) is 15.9 Å². The van der Waals surface area contributed by atoms with E-state index in [1.807, 2.05) is 0 Å². The van der Waals surface area contributed by atoms with Crippen LogP contribution in [0.3, 0.4) is 0 Å². The third-order valence-electron chi connectivity index (χ3n) is 1.97. The molecule has 0 spiro atoms. The Hall–Kier alpha value is -1.62. The molecule has 0 fully saturated rings. The fourth-order valence-electron chi connectivity index (χ4n) is 1.23. The molecule has 80 valence electrons. The SMILES string of the molecule is O=C(c1cnccn1)c1ccc(Br)cc1F. The van der Waals surface area contributed by atoms with Gasteiger partial charge in [-0.05, 0) is 18.2 Å². The molecule has 3 nitrogen and oxygen atoms in total. The number of carbonyl (C=O) groups is 1. The van der Waals surface area contributed by atoms with E-state index in [-0.39, 0.29) is 11.3 Å². The van der Waals surface area contributed by atoms with Crippen molar-refractivity contribution in [3.05, 3.63) is 58.3 Å². The van der Waals surface area contributed by atoms with Crippen LogP contribution in [-0.4, -0.2) is 15.8 Å². The number of carbonyl (C=O) groups excluding carboxylic acids is 1. The topological polar surface area (TPSA) is 42.9 Å². The van der Waals surface area contributed by atoms with E-state index in [1.165, 1.54) is 30.7 Å². The Labute approximate surface area is 99.5 Å². The van der Waals surface area contributed by atoms with Crippen molar-refractivity contribution in [3.63, 3.8) is 0 Å². The highest BCUT2D eigenvalue weighted by Gasteiger charge is 2.15. The molecule has 16 heavy (non-hydrogen) atoms. The minimum Gasteiger partial charge on any atom is -0.287 e. The summed E-state index contributed by atoms with van der Waals surface area (Å²) < 4.78 is 14.1. The summed E-state index contributed by atoms with van der Waals surface area (Å²) in [5, 5.41) is 0. The Morgan fingerprint density at radius 3 is 2.75 bits per heavy atom. The number of hydrogen-bond donors (Lipinski definition) is 0. The lowest BCUT2D eigenvalue weighted by molar-refractivity contribution is 0.103. The second kappa shape index (κ2) is 4.49. The molecule has 0 bridgehead atoms. The highest BCUT2D eigenvalue weighted by molar-refractivity contribution is 9.10. The van der Waals surface area contributed by atoms with E-state index in [4.69, 9.17) is 0 Å². The smallest absolute Gasteiger partial charge is 0.215 e. The van der Waals surface area contributed by atoms with Gasteiger partial charge < -0.3 is 0 Å². The fraction of sp³-hybridized carbons (Fsp3) is 0. The Kier molecular flexibility index (Phi) is 3.05. The molecule has 0 saturated heterocycles. The molecule has 2 aromatic rings. The van der Waals surface area contributed by atoms with Gasteiger partial charge in [-0.3, -0.25) is 9.78 Å². The molecule has 0 aliphatic rings. The number of nitrogens with zero attached hydrogens (tertiary/aromatic N) is 2. The lowest BCUT2D eigenvalue weighted by Gasteiger charge is -2.01. The van der Waals surface area contributed by atoms with Gasteiger partial charge in [0.1, 0.15) is 11.5 Å². The number of halogens is 2. The van der Waals surface area contributed by atoms with Crippen molar-refractivity contribution < 1.29 is 9.18 Å². The molecule has 2 rings (SSSR count). The average Bonchev–Trinajstić information content (AvgIpc) is 2.29. The molecule has 1 heterocycles. The molecule has 0 aliphatic heterocycles. The summed E-state index contributed by atoms with van der Waals surface area (Å²) in [6, 6.07) is 4.26. The van der Waals surface area contributed by atoms with Crippen LogP contribution >= 0.6 is 15.9 Å². The number of hydrogen-bond acceptors (Lipinski definition) is 3. The highest BCUT2D eigenvalue weighted by Crippen LogP contribution is 2.17. The van der Waals surface area contributed by atoms with E-state index in [0.717, 1.165) is 0 Å². The minimum absolute atomic E-state index is 0.0105. The minimum atomic E-state index is -0.579. The maximum Gasteiger partial charge on any atom is 0.215 e. The molecular formula is C11H6BrFN2O. The predicted molar refractivity (Wildman–Crippen MR) is 59.6 cm³/mol. The van der Waals surface area contributed by atoms with E-state index in [9.17, 15) is 9.18 Å². The zero-order chi connectivity index (χ0) is 11.5. The van der Waals surface area contributed by atoms with Crippen LogP contribution in [-0.2, 0) is 0 Å². The maximum absolute atomic E-state index is 13.5. The van der Waals surface area contributed by atoms with Crippen molar-refractivity contribution >= 4 is 21.7 Å². The van der Waals surface area contributed by atoms with Crippen LogP contribution in [0.1, 0.15) is 16.1 Å². The second-order valence-corrected chi connectivity index (χ2v) is 3.96. The van der Waals surface area contributed by atoms with Gasteiger partial charge in [-0.25, -0.2) is 9.37 Å². The molecule has 0 radical (unpaired) electrons. The van der Waals surface area contributed by atoms with E-state index in [0.29, 0.717) is 4.47 Å². The number of benzene rings is 1. The summed E-state index contributed by atoms with van der Waals surface area (Å²) in [5.74, 6) is -1.05. The first kappa shape index (κ1) is 10.9. The van der Waals surface area contributed by atoms with Crippen LogP contribution in [0.4, 0.5) is 4.39 Å². The third-order valence-corrected chi connectivity index (χ3v) is 2.46. The van der Waals surface area contributed by atoms with Gasteiger partial charge in [-0.15, -0.1) is 0 Å². The molecule has 0 amide bonds. The van der Waals surface area contributed by atoms with Gasteiger partial charge in [0.2, 0.25) is 5.78 Å². The largest absolute Gasteiger partial charge is 0.287 e. The molecule has 1 aromatic carbocycles. The van der Waals surface area contributed by atoms with Crippen molar-refractivity contribution in [1.29, 1.82) is 0 Å². The summed E-state index contributed by atoms with van der Waals surface area (Å²) in [7, 11) is 0. The second-order valence-electron chi connectivity index (χ2n) is 3.04. The quantitative estimate of drug-likeness (QED) is 0.795. The maximum atomic E-state index is 13.5. The Morgan fingerprint density at radius 1 is 1.31 bits per heavy atom. The molecule has 5 heteroatoms. The summed E-state index contributed by atoms with van der Waals surface area (Å²) in [5.41, 5.74) is 0.118. The van der Waals surface area contributed by atoms with Gasteiger partial charge in [0, 0.05) is 16.9 Å². The summed E-state index contributed by atoms with van der Waals surface area (Å²) in [6.45, 7) is 0. The van der Waals surface area contributed by atoms with Crippen LogP contribution in [0.2, 0.25) is 0 Å². The van der Waals surface area contributed by atoms with Crippen LogP contribution in [0.15, 0.2) is 41.3 Å². The van der Waals surface area contributed by atoms with E-state index in [1.54, 1.807) is 6.07 Å². The van der Waals surface area contributed by atoms with Crippen LogP contribution in [0, 0.1) is 5.82 Å². The molecule has 0 unspecified atom stereocenters. The van der Waals surface area contributed by atoms with E-state index >= 15 is 0 Å². The molecule has 0 aliphatic carbocycles. The number of aromatic nitrogens is 2. The summed E-state index contributed by atoms with van der Waals surface area (Å²) >= 11 is 3.12. The predicted octanol–water partition coefficient (Wildman–Crippen LogP) is 2.61. The monoisotopic (exact) mass is 280 g/mol. The average molecular weight is 281 g/mol. The number of ketones is 1. The van der Waals surface area contributed by atoms with Gasteiger partial charge >= 0.3 is 0 Å². The van der Waals surface area contributed by atoms with E-state index < -0.39 is 11.6 Å². The first-order valence-corrected chi connectivity index (χ1v) is 5.23. The lowest BCUT2D eigenvalue weighted by atomic mass is 10.1. The zero-order valence-electron chi connectivity index (χ0n) is 8.02. The van der Waals surface area contributed by atoms with Crippen LogP contribution in [0.25, 0.3) is 0 Å². The lowest BCUT2D eigenvalue weighted by Crippen LogP contribution is -2.06. The molecular weight excluding hydrogens is 275 g/mol. The van der Waals surface area contributed by atoms with Gasteiger partial charge in [0.15, 0.2) is 0 Å². The Bertz CT molecular complexity index is 531. The van der Waals surface area contributed by atoms with Crippen LogP contribution in [0.5, 0.6) is 0 Å². The molecule has 0 N–H and O–H groups in total. The first-order chi connectivity index (χ1) is 7.68. The zero-order valence-corrected chi connectivity index (χ0v) is 9.61. The van der Waals surface area contributed by atoms with Gasteiger partial charge in [0.25, 0.3) is 0 Å². The normalized spacial score (nSPS) is 10.1. The molecule has 1 aromatic heterocycles. The Morgan fingerprint density at radius 2 is 2.12 bits per heavy atom. The van der Waals surface area contributed by atoms with Gasteiger partial charge in [-0.2, -0.15) is 0 Å².